The van der Waals surface area contributed by atoms with Crippen LogP contribution in [0.1, 0.15) is 6.92 Å². The number of hydrogen-bond acceptors (Lipinski definition) is 2. The number of halogens is 2. The maximum atomic E-state index is 11.6. The van der Waals surface area contributed by atoms with E-state index in [-0.39, 0.29) is 11.7 Å². The zero-order chi connectivity index (χ0) is 8.15. The highest BCUT2D eigenvalue weighted by Crippen LogP contribution is 2.04. The Morgan fingerprint density at radius 1 is 1.60 bits per heavy atom. The van der Waals surface area contributed by atoms with Gasteiger partial charge in [0.1, 0.15) is 0 Å². The van der Waals surface area contributed by atoms with Crippen LogP contribution in [-0.4, -0.2) is 22.3 Å². The lowest BCUT2D eigenvalue weighted by Gasteiger charge is -2.05. The first-order valence-corrected chi connectivity index (χ1v) is 4.31. The van der Waals surface area contributed by atoms with Gasteiger partial charge in [-0.1, -0.05) is 6.92 Å². The van der Waals surface area contributed by atoms with Crippen LogP contribution in [0.25, 0.3) is 0 Å². The van der Waals surface area contributed by atoms with E-state index in [9.17, 15) is 13.0 Å². The second-order valence-electron chi connectivity index (χ2n) is 2.15. The highest BCUT2D eigenvalue weighted by Gasteiger charge is 2.15. The molecule has 0 saturated carbocycles. The molecule has 0 saturated heterocycles. The van der Waals surface area contributed by atoms with Crippen molar-refractivity contribution in [2.45, 2.75) is 12.7 Å². The van der Waals surface area contributed by atoms with Gasteiger partial charge < -0.3 is 5.73 Å². The molecule has 0 bridgehead atoms. The first-order chi connectivity index (χ1) is 4.57. The van der Waals surface area contributed by atoms with Gasteiger partial charge in [0.15, 0.2) is 0 Å². The number of hydrogen-bond donors (Lipinski definition) is 1. The third kappa shape index (κ3) is 3.90. The SMILES string of the molecule is CC(CN)CS(=O)C(F)F. The van der Waals surface area contributed by atoms with E-state index in [0.29, 0.717) is 6.54 Å². The molecule has 0 aliphatic carbocycles. The summed E-state index contributed by atoms with van der Waals surface area (Å²) < 4.78 is 33.6. The van der Waals surface area contributed by atoms with Crippen molar-refractivity contribution in [1.82, 2.24) is 0 Å². The molecule has 0 spiro atoms. The molecule has 0 aromatic heterocycles. The Hall–Kier alpha value is -0.0300. The first kappa shape index (κ1) is 9.97. The van der Waals surface area contributed by atoms with Gasteiger partial charge in [-0.3, -0.25) is 4.21 Å². The maximum absolute atomic E-state index is 11.6. The van der Waals surface area contributed by atoms with Crippen LogP contribution in [0.2, 0.25) is 0 Å². The van der Waals surface area contributed by atoms with E-state index in [1.807, 2.05) is 0 Å². The summed E-state index contributed by atoms with van der Waals surface area (Å²) in [7, 11) is -2.02. The van der Waals surface area contributed by atoms with E-state index >= 15 is 0 Å². The van der Waals surface area contributed by atoms with Gasteiger partial charge >= 0.3 is 5.76 Å². The van der Waals surface area contributed by atoms with Gasteiger partial charge in [-0.05, 0) is 12.5 Å². The smallest absolute Gasteiger partial charge is 0.311 e. The van der Waals surface area contributed by atoms with Gasteiger partial charge in [0.05, 0.1) is 10.8 Å². The van der Waals surface area contributed by atoms with Crippen LogP contribution in [0.4, 0.5) is 8.78 Å². The monoisotopic (exact) mass is 171 g/mol. The van der Waals surface area contributed by atoms with Crippen molar-refractivity contribution < 1.29 is 13.0 Å². The van der Waals surface area contributed by atoms with Crippen LogP contribution in [0.5, 0.6) is 0 Å². The fourth-order valence-corrected chi connectivity index (χ4v) is 1.26. The molecule has 0 aliphatic heterocycles. The molecular weight excluding hydrogens is 160 g/mol. The quantitative estimate of drug-likeness (QED) is 0.671. The lowest BCUT2D eigenvalue weighted by molar-refractivity contribution is 0.243. The van der Waals surface area contributed by atoms with Crippen LogP contribution < -0.4 is 5.73 Å². The zero-order valence-corrected chi connectivity index (χ0v) is 6.54. The minimum Gasteiger partial charge on any atom is -0.330 e. The van der Waals surface area contributed by atoms with Crippen LogP contribution in [0, 0.1) is 5.92 Å². The largest absolute Gasteiger partial charge is 0.330 e. The van der Waals surface area contributed by atoms with E-state index in [2.05, 4.69) is 0 Å². The van der Waals surface area contributed by atoms with Gasteiger partial charge in [0, 0.05) is 5.75 Å². The third-order valence-electron chi connectivity index (χ3n) is 1.05. The number of nitrogens with two attached hydrogens (primary N) is 1. The molecule has 10 heavy (non-hydrogen) atoms. The molecule has 5 heteroatoms. The topological polar surface area (TPSA) is 43.1 Å². The second kappa shape index (κ2) is 4.73. The fourth-order valence-electron chi connectivity index (χ4n) is 0.421. The Balaban J connectivity index is 3.57. The van der Waals surface area contributed by atoms with Crippen LogP contribution >= 0.6 is 0 Å². The van der Waals surface area contributed by atoms with E-state index in [1.54, 1.807) is 6.92 Å². The summed E-state index contributed by atoms with van der Waals surface area (Å²) in [6, 6.07) is 0. The summed E-state index contributed by atoms with van der Waals surface area (Å²) in [5.74, 6) is -2.82. The van der Waals surface area contributed by atoms with Crippen molar-refractivity contribution in [3.63, 3.8) is 0 Å². The highest BCUT2D eigenvalue weighted by molar-refractivity contribution is 7.85. The molecule has 0 aromatic carbocycles. The van der Waals surface area contributed by atoms with Crippen molar-refractivity contribution in [3.05, 3.63) is 0 Å². The Kier molecular flexibility index (Phi) is 4.72. The Morgan fingerprint density at radius 2 is 2.10 bits per heavy atom. The summed E-state index contributed by atoms with van der Waals surface area (Å²) in [4.78, 5) is 0. The van der Waals surface area contributed by atoms with Crippen LogP contribution in [0.15, 0.2) is 0 Å². The lowest BCUT2D eigenvalue weighted by Crippen LogP contribution is -2.20. The van der Waals surface area contributed by atoms with Crippen LogP contribution in [0.3, 0.4) is 0 Å². The zero-order valence-electron chi connectivity index (χ0n) is 5.72. The first-order valence-electron chi connectivity index (χ1n) is 2.93. The van der Waals surface area contributed by atoms with E-state index in [0.717, 1.165) is 0 Å². The van der Waals surface area contributed by atoms with Gasteiger partial charge in [-0.2, -0.15) is 8.78 Å². The summed E-state index contributed by atoms with van der Waals surface area (Å²) in [6.07, 6.45) is 0. The number of rotatable bonds is 4. The molecular formula is C5H11F2NOS. The molecule has 0 aromatic rings. The Labute approximate surface area is 61.2 Å². The molecule has 0 heterocycles. The minimum atomic E-state index is -2.73. The van der Waals surface area contributed by atoms with Crippen molar-refractivity contribution in [2.24, 2.45) is 11.7 Å². The summed E-state index contributed by atoms with van der Waals surface area (Å²) in [5, 5.41) is 0. The van der Waals surface area contributed by atoms with Gasteiger partial charge in [0.25, 0.3) is 0 Å². The fraction of sp³-hybridized carbons (Fsp3) is 1.00. The average Bonchev–Trinajstić information content (AvgIpc) is 1.87. The van der Waals surface area contributed by atoms with Gasteiger partial charge in [-0.15, -0.1) is 0 Å². The Bertz CT molecular complexity index is 120. The van der Waals surface area contributed by atoms with Gasteiger partial charge in [-0.25, -0.2) is 0 Å². The van der Waals surface area contributed by atoms with Crippen molar-refractivity contribution >= 4 is 10.8 Å². The molecule has 0 amide bonds. The van der Waals surface area contributed by atoms with E-state index in [1.165, 1.54) is 0 Å². The second-order valence-corrected chi connectivity index (χ2v) is 3.60. The van der Waals surface area contributed by atoms with Crippen molar-refractivity contribution in [1.29, 1.82) is 0 Å². The molecule has 2 atom stereocenters. The number of alkyl halides is 2. The predicted octanol–water partition coefficient (Wildman–Crippen LogP) is 0.553. The molecule has 2 N–H and O–H groups in total. The van der Waals surface area contributed by atoms with Crippen molar-refractivity contribution in [2.75, 3.05) is 12.3 Å². The summed E-state index contributed by atoms with van der Waals surface area (Å²) >= 11 is 0. The summed E-state index contributed by atoms with van der Waals surface area (Å²) in [5.41, 5.74) is 5.14. The standard InChI is InChI=1S/C5H11F2NOS/c1-4(2-8)3-10(9)5(6)7/h4-5H,2-3,8H2,1H3. The molecule has 0 fully saturated rings. The minimum absolute atomic E-state index is 0.00579. The molecule has 0 rings (SSSR count). The highest BCUT2D eigenvalue weighted by atomic mass is 32.2. The molecule has 2 unspecified atom stereocenters. The van der Waals surface area contributed by atoms with Crippen LogP contribution in [-0.2, 0) is 10.8 Å². The predicted molar refractivity (Wildman–Crippen MR) is 37.2 cm³/mol. The lowest BCUT2D eigenvalue weighted by atomic mass is 10.2. The van der Waals surface area contributed by atoms with E-state index < -0.39 is 16.6 Å². The maximum Gasteiger partial charge on any atom is 0.311 e. The third-order valence-corrected chi connectivity index (χ3v) is 2.34. The summed E-state index contributed by atoms with van der Waals surface area (Å²) in [6.45, 7) is 2.00. The molecule has 62 valence electrons. The average molecular weight is 171 g/mol. The Morgan fingerprint density at radius 3 is 2.40 bits per heavy atom. The normalized spacial score (nSPS) is 17.3. The molecule has 2 nitrogen and oxygen atoms in total. The van der Waals surface area contributed by atoms with E-state index in [4.69, 9.17) is 5.73 Å². The van der Waals surface area contributed by atoms with Crippen molar-refractivity contribution in [3.8, 4) is 0 Å². The van der Waals surface area contributed by atoms with Gasteiger partial charge in [0.2, 0.25) is 0 Å². The molecule has 0 radical (unpaired) electrons. The molecule has 0 aliphatic rings.